The van der Waals surface area contributed by atoms with Crippen molar-refractivity contribution in [3.63, 3.8) is 0 Å². The molecule has 0 aromatic heterocycles. The quantitative estimate of drug-likeness (QED) is 0.572. The molecule has 0 aliphatic rings. The van der Waals surface area contributed by atoms with E-state index in [-0.39, 0.29) is 5.56 Å². The lowest BCUT2D eigenvalue weighted by atomic mass is 10.0. The molecule has 12 heavy (non-hydrogen) atoms. The summed E-state index contributed by atoms with van der Waals surface area (Å²) in [5.41, 5.74) is -0.0347. The predicted octanol–water partition coefficient (Wildman–Crippen LogP) is 3.04. The lowest BCUT2D eigenvalue weighted by Gasteiger charge is -2.06. The van der Waals surface area contributed by atoms with Crippen LogP contribution < -0.4 is 0 Å². The monoisotopic (exact) mass is 173 g/mol. The number of halogens is 3. The Bertz CT molecular complexity index is 292. The third-order valence-corrected chi connectivity index (χ3v) is 1.55. The molecule has 1 aromatic carbocycles. The van der Waals surface area contributed by atoms with Gasteiger partial charge in [0.2, 0.25) is 0 Å². The fourth-order valence-corrected chi connectivity index (χ4v) is 0.934. The molecule has 0 fully saturated rings. The van der Waals surface area contributed by atoms with Crippen molar-refractivity contribution >= 4 is 0 Å². The first-order valence-electron chi connectivity index (χ1n) is 3.50. The maximum atomic E-state index is 12.9. The van der Waals surface area contributed by atoms with Gasteiger partial charge in [-0.15, -0.1) is 0 Å². The van der Waals surface area contributed by atoms with Crippen LogP contribution in [0.2, 0.25) is 0 Å². The zero-order valence-electron chi connectivity index (χ0n) is 6.57. The molecule has 0 bridgehead atoms. The molecule has 0 aliphatic heterocycles. The second kappa shape index (κ2) is 3.17. The summed E-state index contributed by atoms with van der Waals surface area (Å²) in [6.07, 6.45) is 0. The van der Waals surface area contributed by atoms with Gasteiger partial charge in [0.15, 0.2) is 11.6 Å². The van der Waals surface area contributed by atoms with Gasteiger partial charge in [0.05, 0.1) is 0 Å². The van der Waals surface area contributed by atoms with Crippen LogP contribution in [0.1, 0.15) is 18.4 Å². The van der Waals surface area contributed by atoms with Crippen LogP contribution in [0, 0.1) is 24.4 Å². The van der Waals surface area contributed by atoms with Crippen molar-refractivity contribution in [2.75, 3.05) is 0 Å². The van der Waals surface area contributed by atoms with Gasteiger partial charge in [-0.3, -0.25) is 0 Å². The molecule has 0 nitrogen and oxygen atoms in total. The molecular weight excluding hydrogens is 165 g/mol. The normalized spacial score (nSPS) is 10.8. The van der Waals surface area contributed by atoms with E-state index < -0.39 is 23.4 Å². The third-order valence-electron chi connectivity index (χ3n) is 1.55. The van der Waals surface area contributed by atoms with Gasteiger partial charge in [-0.05, 0) is 24.5 Å². The first-order chi connectivity index (χ1) is 5.52. The average Bonchev–Trinajstić information content (AvgIpc) is 1.96. The Kier molecular flexibility index (Phi) is 2.40. The molecular formula is C9H8F3. The van der Waals surface area contributed by atoms with Gasteiger partial charge in [-0.2, -0.15) is 0 Å². The van der Waals surface area contributed by atoms with Gasteiger partial charge in [0, 0.05) is 6.07 Å². The lowest BCUT2D eigenvalue weighted by molar-refractivity contribution is 0.482. The minimum atomic E-state index is -1.17. The van der Waals surface area contributed by atoms with Crippen LogP contribution in [0.4, 0.5) is 13.2 Å². The molecule has 0 spiro atoms. The predicted molar refractivity (Wildman–Crippen MR) is 40.1 cm³/mol. The zero-order chi connectivity index (χ0) is 9.30. The summed E-state index contributed by atoms with van der Waals surface area (Å²) in [5, 5.41) is 0. The lowest BCUT2D eigenvalue weighted by Crippen LogP contribution is -1.98. The average molecular weight is 173 g/mol. The van der Waals surface area contributed by atoms with Crippen molar-refractivity contribution in [2.24, 2.45) is 0 Å². The van der Waals surface area contributed by atoms with E-state index in [1.807, 2.05) is 0 Å². The number of benzene rings is 1. The van der Waals surface area contributed by atoms with Gasteiger partial charge < -0.3 is 0 Å². The van der Waals surface area contributed by atoms with Crippen LogP contribution in [-0.4, -0.2) is 0 Å². The Morgan fingerprint density at radius 3 is 2.33 bits per heavy atom. The fraction of sp³-hybridized carbons (Fsp3) is 0.222. The second-order valence-electron chi connectivity index (χ2n) is 2.69. The highest BCUT2D eigenvalue weighted by Crippen LogP contribution is 2.21. The van der Waals surface area contributed by atoms with E-state index in [2.05, 4.69) is 6.92 Å². The van der Waals surface area contributed by atoms with Gasteiger partial charge >= 0.3 is 0 Å². The van der Waals surface area contributed by atoms with E-state index in [4.69, 9.17) is 0 Å². The largest absolute Gasteiger partial charge is 0.207 e. The summed E-state index contributed by atoms with van der Waals surface area (Å²) in [6.45, 7) is 5.05. The highest BCUT2D eigenvalue weighted by Gasteiger charge is 2.13. The maximum absolute atomic E-state index is 12.9. The van der Waals surface area contributed by atoms with Crippen LogP contribution in [0.5, 0.6) is 0 Å². The van der Waals surface area contributed by atoms with E-state index in [1.165, 1.54) is 0 Å². The molecule has 1 atom stereocenters. The van der Waals surface area contributed by atoms with Crippen molar-refractivity contribution in [1.82, 2.24) is 0 Å². The standard InChI is InChI=1S/C9H8F3/c1-5(2)7-3-6(10)4-8(11)9(7)12/h3-5H,1H2,2H3. The van der Waals surface area contributed by atoms with Crippen LogP contribution in [-0.2, 0) is 0 Å². The van der Waals surface area contributed by atoms with Gasteiger partial charge in [-0.25, -0.2) is 13.2 Å². The molecule has 3 heteroatoms. The molecule has 1 aromatic rings. The molecule has 0 saturated heterocycles. The number of hydrogen-bond donors (Lipinski definition) is 0. The smallest absolute Gasteiger partial charge is 0.162 e. The highest BCUT2D eigenvalue weighted by atomic mass is 19.2. The third kappa shape index (κ3) is 1.60. The second-order valence-corrected chi connectivity index (χ2v) is 2.69. The van der Waals surface area contributed by atoms with Crippen molar-refractivity contribution in [3.8, 4) is 0 Å². The Hall–Kier alpha value is -0.990. The number of rotatable bonds is 1. The first kappa shape index (κ1) is 9.10. The Labute approximate surface area is 69.0 Å². The molecule has 0 amide bonds. The topological polar surface area (TPSA) is 0 Å². The van der Waals surface area contributed by atoms with E-state index >= 15 is 0 Å². The fourth-order valence-electron chi connectivity index (χ4n) is 0.934. The first-order valence-corrected chi connectivity index (χ1v) is 3.50. The SMILES string of the molecule is [CH2]C(C)c1cc(F)cc(F)c1F. The molecule has 65 valence electrons. The number of hydrogen-bond acceptors (Lipinski definition) is 0. The van der Waals surface area contributed by atoms with E-state index in [0.717, 1.165) is 6.07 Å². The summed E-state index contributed by atoms with van der Waals surface area (Å²) in [5.74, 6) is -3.42. The summed E-state index contributed by atoms with van der Waals surface area (Å²) >= 11 is 0. The van der Waals surface area contributed by atoms with E-state index in [1.54, 1.807) is 6.92 Å². The van der Waals surface area contributed by atoms with Gasteiger partial charge in [0.1, 0.15) is 5.82 Å². The van der Waals surface area contributed by atoms with Crippen molar-refractivity contribution in [3.05, 3.63) is 42.1 Å². The maximum Gasteiger partial charge on any atom is 0.162 e. The minimum Gasteiger partial charge on any atom is -0.207 e. The summed E-state index contributed by atoms with van der Waals surface area (Å²) in [4.78, 5) is 0. The van der Waals surface area contributed by atoms with E-state index in [0.29, 0.717) is 6.07 Å². The highest BCUT2D eigenvalue weighted by molar-refractivity contribution is 5.24. The molecule has 0 heterocycles. The van der Waals surface area contributed by atoms with Crippen molar-refractivity contribution in [2.45, 2.75) is 12.8 Å². The zero-order valence-corrected chi connectivity index (χ0v) is 6.57. The van der Waals surface area contributed by atoms with Crippen LogP contribution in [0.15, 0.2) is 12.1 Å². The van der Waals surface area contributed by atoms with Crippen LogP contribution >= 0.6 is 0 Å². The van der Waals surface area contributed by atoms with Crippen molar-refractivity contribution in [1.29, 1.82) is 0 Å². The molecule has 0 saturated carbocycles. The summed E-state index contributed by atoms with van der Waals surface area (Å²) < 4.78 is 37.9. The Morgan fingerprint density at radius 1 is 1.25 bits per heavy atom. The summed E-state index contributed by atoms with van der Waals surface area (Å²) in [7, 11) is 0. The molecule has 0 aliphatic carbocycles. The van der Waals surface area contributed by atoms with Crippen LogP contribution in [0.3, 0.4) is 0 Å². The van der Waals surface area contributed by atoms with Gasteiger partial charge in [0.25, 0.3) is 0 Å². The molecule has 1 radical (unpaired) electrons. The molecule has 1 unspecified atom stereocenters. The minimum absolute atomic E-state index is 0.0347. The molecule has 0 N–H and O–H groups in total. The Balaban J connectivity index is 3.28. The van der Waals surface area contributed by atoms with Crippen LogP contribution in [0.25, 0.3) is 0 Å². The van der Waals surface area contributed by atoms with E-state index in [9.17, 15) is 13.2 Å². The summed E-state index contributed by atoms with van der Waals surface area (Å²) in [6, 6.07) is 1.47. The van der Waals surface area contributed by atoms with Gasteiger partial charge in [-0.1, -0.05) is 6.92 Å². The Morgan fingerprint density at radius 2 is 1.83 bits per heavy atom. The van der Waals surface area contributed by atoms with Crippen molar-refractivity contribution < 1.29 is 13.2 Å². The molecule has 1 rings (SSSR count).